The van der Waals surface area contributed by atoms with Crippen LogP contribution in [-0.2, 0) is 6.42 Å². The van der Waals surface area contributed by atoms with Gasteiger partial charge in [-0.1, -0.05) is 51.7 Å². The number of rotatable bonds is 6. The number of fused-ring (bicyclic) bond motifs is 6. The lowest BCUT2D eigenvalue weighted by atomic mass is 9.86. The average molecular weight is 338 g/mol. The number of phenols is 2. The van der Waals surface area contributed by atoms with E-state index in [-0.39, 0.29) is 0 Å². The van der Waals surface area contributed by atoms with Crippen molar-refractivity contribution in [3.63, 3.8) is 0 Å². The zero-order chi connectivity index (χ0) is 17.6. The van der Waals surface area contributed by atoms with Crippen molar-refractivity contribution >= 4 is 10.8 Å². The minimum absolute atomic E-state index is 0.430. The molecule has 2 aromatic carbocycles. The number of hydrogen-bond acceptors (Lipinski definition) is 2. The lowest BCUT2D eigenvalue weighted by Crippen LogP contribution is -2.04. The smallest absolute Gasteiger partial charge is 0.127 e. The van der Waals surface area contributed by atoms with Crippen LogP contribution in [0.25, 0.3) is 10.8 Å². The first kappa shape index (κ1) is 16.8. The average Bonchev–Trinajstić information content (AvgIpc) is 3.24. The van der Waals surface area contributed by atoms with Gasteiger partial charge in [-0.05, 0) is 55.1 Å². The Morgan fingerprint density at radius 1 is 1.00 bits per heavy atom. The first-order chi connectivity index (χ1) is 12.1. The van der Waals surface area contributed by atoms with Gasteiger partial charge in [0.25, 0.3) is 0 Å². The Labute approximate surface area is 150 Å². The normalized spacial score (nSPS) is 22.5. The van der Waals surface area contributed by atoms with E-state index in [1.54, 1.807) is 0 Å². The third-order valence-corrected chi connectivity index (χ3v) is 6.71. The molecule has 2 aromatic rings. The monoisotopic (exact) mass is 338 g/mol. The molecule has 0 amide bonds. The SMILES string of the molecule is CCCCC(CC)Cc1ccc2c(O)c3c(c(O)c2c1)C1CCC3C1. The maximum Gasteiger partial charge on any atom is 0.127 e. The van der Waals surface area contributed by atoms with Gasteiger partial charge >= 0.3 is 0 Å². The second kappa shape index (κ2) is 6.55. The fourth-order valence-corrected chi connectivity index (χ4v) is 5.28. The molecule has 0 aliphatic heterocycles. The molecule has 2 bridgehead atoms. The van der Waals surface area contributed by atoms with Crippen LogP contribution in [0.2, 0.25) is 0 Å². The number of hydrogen-bond donors (Lipinski definition) is 2. The minimum atomic E-state index is 0.430. The molecule has 2 aliphatic carbocycles. The number of phenolic OH excluding ortho intramolecular Hbond substituents is 2. The summed E-state index contributed by atoms with van der Waals surface area (Å²) in [5, 5.41) is 23.5. The summed E-state index contributed by atoms with van der Waals surface area (Å²) in [7, 11) is 0. The van der Waals surface area contributed by atoms with Gasteiger partial charge in [0.2, 0.25) is 0 Å². The van der Waals surface area contributed by atoms with Gasteiger partial charge in [0.05, 0.1) is 0 Å². The molecule has 0 saturated heterocycles. The Bertz CT molecular complexity index is 793. The fourth-order valence-electron chi connectivity index (χ4n) is 5.28. The maximum absolute atomic E-state index is 11.0. The molecule has 134 valence electrons. The number of aromatic hydroxyl groups is 2. The third kappa shape index (κ3) is 2.70. The van der Waals surface area contributed by atoms with E-state index in [9.17, 15) is 10.2 Å². The van der Waals surface area contributed by atoms with Gasteiger partial charge < -0.3 is 10.2 Å². The van der Waals surface area contributed by atoms with E-state index in [2.05, 4.69) is 26.0 Å². The predicted molar refractivity (Wildman–Crippen MR) is 104 cm³/mol. The van der Waals surface area contributed by atoms with Crippen molar-refractivity contribution in [3.05, 3.63) is 34.9 Å². The van der Waals surface area contributed by atoms with Gasteiger partial charge in [0.15, 0.2) is 0 Å². The van der Waals surface area contributed by atoms with Crippen LogP contribution in [0.1, 0.15) is 87.3 Å². The Kier molecular flexibility index (Phi) is 4.39. The predicted octanol–water partition coefficient (Wildman–Crippen LogP) is 6.37. The Hall–Kier alpha value is -1.70. The van der Waals surface area contributed by atoms with E-state index in [1.165, 1.54) is 31.2 Å². The lowest BCUT2D eigenvalue weighted by molar-refractivity contribution is 0.447. The van der Waals surface area contributed by atoms with Crippen molar-refractivity contribution in [2.24, 2.45) is 5.92 Å². The van der Waals surface area contributed by atoms with E-state index in [1.807, 2.05) is 6.07 Å². The molecule has 25 heavy (non-hydrogen) atoms. The summed E-state index contributed by atoms with van der Waals surface area (Å²) in [5.41, 5.74) is 3.38. The van der Waals surface area contributed by atoms with Crippen LogP contribution in [-0.4, -0.2) is 10.2 Å². The summed E-state index contributed by atoms with van der Waals surface area (Å²) >= 11 is 0. The van der Waals surface area contributed by atoms with Crippen LogP contribution in [0.3, 0.4) is 0 Å². The zero-order valence-corrected chi connectivity index (χ0v) is 15.5. The van der Waals surface area contributed by atoms with E-state index < -0.39 is 0 Å². The molecule has 2 nitrogen and oxygen atoms in total. The maximum atomic E-state index is 11.0. The first-order valence-electron chi connectivity index (χ1n) is 10.1. The summed E-state index contributed by atoms with van der Waals surface area (Å²) in [4.78, 5) is 0. The van der Waals surface area contributed by atoms with Gasteiger partial charge in [-0.25, -0.2) is 0 Å². The van der Waals surface area contributed by atoms with E-state index in [0.717, 1.165) is 47.6 Å². The molecule has 3 unspecified atom stereocenters. The largest absolute Gasteiger partial charge is 0.507 e. The highest BCUT2D eigenvalue weighted by Crippen LogP contribution is 2.60. The van der Waals surface area contributed by atoms with E-state index in [4.69, 9.17) is 0 Å². The molecular formula is C23H30O2. The molecule has 3 atom stereocenters. The van der Waals surface area contributed by atoms with Gasteiger partial charge in [-0.15, -0.1) is 0 Å². The minimum Gasteiger partial charge on any atom is -0.507 e. The standard InChI is InChI=1S/C23H30O2/c1-3-5-6-14(4-2)11-15-7-10-18-19(12-15)23(25)21-17-9-8-16(13-17)20(21)22(18)24/h7,10,12,14,16-17,24-25H,3-6,8-9,11,13H2,1-2H3. The molecule has 2 N–H and O–H groups in total. The summed E-state index contributed by atoms with van der Waals surface area (Å²) in [5.74, 6) is 2.48. The fraction of sp³-hybridized carbons (Fsp3) is 0.565. The van der Waals surface area contributed by atoms with Crippen LogP contribution in [0.4, 0.5) is 0 Å². The second-order valence-electron chi connectivity index (χ2n) is 8.23. The quantitative estimate of drug-likeness (QED) is 0.600. The topological polar surface area (TPSA) is 40.5 Å². The van der Waals surface area contributed by atoms with Crippen LogP contribution in [0.15, 0.2) is 18.2 Å². The third-order valence-electron chi connectivity index (χ3n) is 6.71. The summed E-state index contributed by atoms with van der Waals surface area (Å²) in [6.45, 7) is 4.52. The van der Waals surface area contributed by atoms with E-state index in [0.29, 0.717) is 29.3 Å². The van der Waals surface area contributed by atoms with Gasteiger partial charge in [-0.2, -0.15) is 0 Å². The zero-order valence-electron chi connectivity index (χ0n) is 15.5. The van der Waals surface area contributed by atoms with Crippen molar-refractivity contribution < 1.29 is 10.2 Å². The van der Waals surface area contributed by atoms with Crippen molar-refractivity contribution in [3.8, 4) is 11.5 Å². The molecule has 0 aromatic heterocycles. The van der Waals surface area contributed by atoms with Crippen LogP contribution in [0.5, 0.6) is 11.5 Å². The molecule has 0 spiro atoms. The summed E-state index contributed by atoms with van der Waals surface area (Å²) in [6, 6.07) is 6.31. The molecule has 4 rings (SSSR count). The highest BCUT2D eigenvalue weighted by molar-refractivity contribution is 5.97. The number of benzene rings is 2. The lowest BCUT2D eigenvalue weighted by Gasteiger charge is -2.21. The van der Waals surface area contributed by atoms with Gasteiger partial charge in [-0.3, -0.25) is 0 Å². The number of unbranched alkanes of at least 4 members (excludes halogenated alkanes) is 1. The van der Waals surface area contributed by atoms with E-state index >= 15 is 0 Å². The van der Waals surface area contributed by atoms with Gasteiger partial charge in [0, 0.05) is 21.9 Å². The van der Waals surface area contributed by atoms with Gasteiger partial charge in [0.1, 0.15) is 11.5 Å². The van der Waals surface area contributed by atoms with Crippen molar-refractivity contribution in [2.45, 2.75) is 77.0 Å². The molecule has 0 heterocycles. The summed E-state index contributed by atoms with van der Waals surface area (Å²) < 4.78 is 0. The van der Waals surface area contributed by atoms with Crippen molar-refractivity contribution in [2.75, 3.05) is 0 Å². The molecular weight excluding hydrogens is 308 g/mol. The Morgan fingerprint density at radius 2 is 1.68 bits per heavy atom. The van der Waals surface area contributed by atoms with Crippen LogP contribution < -0.4 is 0 Å². The molecule has 1 fully saturated rings. The molecule has 2 heteroatoms. The highest BCUT2D eigenvalue weighted by Gasteiger charge is 2.41. The molecule has 0 radical (unpaired) electrons. The van der Waals surface area contributed by atoms with Crippen LogP contribution >= 0.6 is 0 Å². The Balaban J connectivity index is 1.73. The highest BCUT2D eigenvalue weighted by atomic mass is 16.3. The molecule has 2 aliphatic rings. The Morgan fingerprint density at radius 3 is 2.32 bits per heavy atom. The first-order valence-corrected chi connectivity index (χ1v) is 10.1. The second-order valence-corrected chi connectivity index (χ2v) is 8.23. The molecule has 1 saturated carbocycles. The van der Waals surface area contributed by atoms with Crippen molar-refractivity contribution in [1.29, 1.82) is 0 Å². The summed E-state index contributed by atoms with van der Waals surface area (Å²) in [6.07, 6.45) is 9.49. The van der Waals surface area contributed by atoms with Crippen LogP contribution in [0, 0.1) is 5.92 Å². The van der Waals surface area contributed by atoms with Crippen molar-refractivity contribution in [1.82, 2.24) is 0 Å².